The number of hydrogen-bond acceptors (Lipinski definition) is 5. The van der Waals surface area contributed by atoms with Gasteiger partial charge >= 0.3 is 0 Å². The molecule has 1 aromatic heterocycles. The number of Topliss-reactive ketones (excluding diaryl/α,β-unsaturated/α-hetero) is 1. The summed E-state index contributed by atoms with van der Waals surface area (Å²) in [4.78, 5) is 14.9. The molecule has 0 bridgehead atoms. The lowest BCUT2D eigenvalue weighted by Crippen LogP contribution is -2.46. The zero-order chi connectivity index (χ0) is 16.9. The first-order chi connectivity index (χ1) is 11.7. The molecule has 2 aromatic rings. The summed E-state index contributed by atoms with van der Waals surface area (Å²) in [6, 6.07) is 9.55. The van der Waals surface area contributed by atoms with E-state index in [4.69, 9.17) is 9.26 Å². The minimum atomic E-state index is 0.0884. The SMILES string of the molecule is CCc1noc(C)c1CN1CCOCC1CC(=O)c1ccccc1. The molecule has 0 aliphatic carbocycles. The first kappa shape index (κ1) is 16.9. The Morgan fingerprint density at radius 3 is 2.88 bits per heavy atom. The van der Waals surface area contributed by atoms with Gasteiger partial charge < -0.3 is 9.26 Å². The summed E-state index contributed by atoms with van der Waals surface area (Å²) >= 11 is 0. The van der Waals surface area contributed by atoms with Gasteiger partial charge in [0.25, 0.3) is 0 Å². The number of aromatic nitrogens is 1. The molecule has 128 valence electrons. The summed E-state index contributed by atoms with van der Waals surface area (Å²) in [5.41, 5.74) is 2.92. The minimum Gasteiger partial charge on any atom is -0.378 e. The summed E-state index contributed by atoms with van der Waals surface area (Å²) in [6.45, 7) is 6.89. The van der Waals surface area contributed by atoms with Crippen LogP contribution in [0.25, 0.3) is 0 Å². The summed E-state index contributed by atoms with van der Waals surface area (Å²) in [6.07, 6.45) is 1.32. The van der Waals surface area contributed by atoms with Crippen LogP contribution < -0.4 is 0 Å². The van der Waals surface area contributed by atoms with Crippen LogP contribution in [0.15, 0.2) is 34.9 Å². The number of ketones is 1. The summed E-state index contributed by atoms with van der Waals surface area (Å²) < 4.78 is 11.0. The number of aryl methyl sites for hydroxylation is 2. The normalized spacial score (nSPS) is 18.7. The van der Waals surface area contributed by atoms with Crippen LogP contribution in [0.2, 0.25) is 0 Å². The van der Waals surface area contributed by atoms with Crippen molar-refractivity contribution < 1.29 is 14.1 Å². The molecular weight excluding hydrogens is 304 g/mol. The molecule has 1 saturated heterocycles. The molecule has 3 rings (SSSR count). The van der Waals surface area contributed by atoms with Crippen LogP contribution in [-0.4, -0.2) is 41.6 Å². The average molecular weight is 328 g/mol. The molecule has 1 aliphatic heterocycles. The van der Waals surface area contributed by atoms with E-state index < -0.39 is 0 Å². The molecule has 0 radical (unpaired) electrons. The highest BCUT2D eigenvalue weighted by Crippen LogP contribution is 2.21. The van der Waals surface area contributed by atoms with Crippen LogP contribution >= 0.6 is 0 Å². The molecule has 5 heteroatoms. The van der Waals surface area contributed by atoms with Crippen LogP contribution in [0, 0.1) is 6.92 Å². The van der Waals surface area contributed by atoms with E-state index in [1.807, 2.05) is 37.3 Å². The quantitative estimate of drug-likeness (QED) is 0.763. The second-order valence-corrected chi connectivity index (χ2v) is 6.21. The minimum absolute atomic E-state index is 0.0884. The highest BCUT2D eigenvalue weighted by molar-refractivity contribution is 5.96. The zero-order valence-corrected chi connectivity index (χ0v) is 14.3. The third-order valence-corrected chi connectivity index (χ3v) is 4.63. The third kappa shape index (κ3) is 3.74. The fourth-order valence-corrected chi connectivity index (χ4v) is 3.16. The number of benzene rings is 1. The van der Waals surface area contributed by atoms with Gasteiger partial charge in [-0.2, -0.15) is 0 Å². The highest BCUT2D eigenvalue weighted by atomic mass is 16.5. The Kier molecular flexibility index (Phi) is 5.43. The smallest absolute Gasteiger partial charge is 0.164 e. The van der Waals surface area contributed by atoms with E-state index in [1.54, 1.807) is 0 Å². The topological polar surface area (TPSA) is 55.6 Å². The van der Waals surface area contributed by atoms with Gasteiger partial charge in [0, 0.05) is 36.7 Å². The van der Waals surface area contributed by atoms with Gasteiger partial charge in [0.1, 0.15) is 5.76 Å². The second kappa shape index (κ2) is 7.73. The van der Waals surface area contributed by atoms with Gasteiger partial charge in [0.2, 0.25) is 0 Å². The molecule has 1 aromatic carbocycles. The van der Waals surface area contributed by atoms with Crippen molar-refractivity contribution in [1.29, 1.82) is 0 Å². The number of carbonyl (C=O) groups excluding carboxylic acids is 1. The molecule has 1 aliphatic rings. The average Bonchev–Trinajstić information content (AvgIpc) is 2.97. The molecule has 1 unspecified atom stereocenters. The Morgan fingerprint density at radius 2 is 2.12 bits per heavy atom. The first-order valence-electron chi connectivity index (χ1n) is 8.53. The molecule has 2 heterocycles. The van der Waals surface area contributed by atoms with Crippen LogP contribution in [0.5, 0.6) is 0 Å². The Labute approximate surface area is 142 Å². The standard InChI is InChI=1S/C19H24N2O3/c1-3-18-17(14(2)24-20-18)12-21-9-10-23-13-16(21)11-19(22)15-7-5-4-6-8-15/h4-8,16H,3,9-13H2,1-2H3. The fraction of sp³-hybridized carbons (Fsp3) is 0.474. The first-order valence-corrected chi connectivity index (χ1v) is 8.53. The van der Waals surface area contributed by atoms with Gasteiger partial charge in [-0.1, -0.05) is 42.4 Å². The summed E-state index contributed by atoms with van der Waals surface area (Å²) in [5, 5.41) is 4.13. The van der Waals surface area contributed by atoms with E-state index in [9.17, 15) is 4.79 Å². The molecule has 0 amide bonds. The van der Waals surface area contributed by atoms with E-state index in [2.05, 4.69) is 17.0 Å². The molecule has 0 N–H and O–H groups in total. The van der Waals surface area contributed by atoms with Crippen molar-refractivity contribution in [3.8, 4) is 0 Å². The van der Waals surface area contributed by atoms with Gasteiger partial charge in [0.05, 0.1) is 18.9 Å². The Hall–Kier alpha value is -1.98. The van der Waals surface area contributed by atoms with Gasteiger partial charge in [-0.15, -0.1) is 0 Å². The third-order valence-electron chi connectivity index (χ3n) is 4.63. The number of nitrogens with zero attached hydrogens (tertiary/aromatic N) is 2. The Morgan fingerprint density at radius 1 is 1.33 bits per heavy atom. The Balaban J connectivity index is 1.71. The molecule has 1 atom stereocenters. The lowest BCUT2D eigenvalue weighted by atomic mass is 10.0. The van der Waals surface area contributed by atoms with E-state index in [1.165, 1.54) is 0 Å². The van der Waals surface area contributed by atoms with Crippen LogP contribution in [-0.2, 0) is 17.7 Å². The van der Waals surface area contributed by atoms with Crippen molar-refractivity contribution in [3.05, 3.63) is 52.9 Å². The van der Waals surface area contributed by atoms with Crippen LogP contribution in [0.3, 0.4) is 0 Å². The van der Waals surface area contributed by atoms with Crippen LogP contribution in [0.1, 0.15) is 40.7 Å². The lowest BCUT2D eigenvalue weighted by Gasteiger charge is -2.35. The molecule has 24 heavy (non-hydrogen) atoms. The molecule has 1 fully saturated rings. The molecule has 5 nitrogen and oxygen atoms in total. The predicted molar refractivity (Wildman–Crippen MR) is 91.0 cm³/mol. The van der Waals surface area contributed by atoms with E-state index in [-0.39, 0.29) is 11.8 Å². The van der Waals surface area contributed by atoms with Gasteiger partial charge in [-0.05, 0) is 13.3 Å². The summed E-state index contributed by atoms with van der Waals surface area (Å²) in [5.74, 6) is 1.03. The van der Waals surface area contributed by atoms with Crippen molar-refractivity contribution in [3.63, 3.8) is 0 Å². The monoisotopic (exact) mass is 328 g/mol. The highest BCUT2D eigenvalue weighted by Gasteiger charge is 2.27. The van der Waals surface area contributed by atoms with Crippen LogP contribution in [0.4, 0.5) is 0 Å². The van der Waals surface area contributed by atoms with Crippen molar-refractivity contribution in [2.24, 2.45) is 0 Å². The van der Waals surface area contributed by atoms with E-state index >= 15 is 0 Å². The number of rotatable bonds is 6. The molecule has 0 spiro atoms. The van der Waals surface area contributed by atoms with Crippen molar-refractivity contribution >= 4 is 5.78 Å². The maximum Gasteiger partial charge on any atom is 0.164 e. The largest absolute Gasteiger partial charge is 0.378 e. The van der Waals surface area contributed by atoms with Gasteiger partial charge in [0.15, 0.2) is 5.78 Å². The van der Waals surface area contributed by atoms with Crippen molar-refractivity contribution in [2.45, 2.75) is 39.3 Å². The maximum atomic E-state index is 12.5. The van der Waals surface area contributed by atoms with Crippen molar-refractivity contribution in [1.82, 2.24) is 10.1 Å². The Bertz CT molecular complexity index is 681. The maximum absolute atomic E-state index is 12.5. The number of carbonyl (C=O) groups is 1. The fourth-order valence-electron chi connectivity index (χ4n) is 3.16. The lowest BCUT2D eigenvalue weighted by molar-refractivity contribution is -0.0128. The summed E-state index contributed by atoms with van der Waals surface area (Å²) in [7, 11) is 0. The predicted octanol–water partition coefficient (Wildman–Crippen LogP) is 3.02. The zero-order valence-electron chi connectivity index (χ0n) is 14.3. The van der Waals surface area contributed by atoms with E-state index in [0.29, 0.717) is 19.6 Å². The molecule has 0 saturated carbocycles. The number of ether oxygens (including phenoxy) is 1. The molecular formula is C19H24N2O3. The van der Waals surface area contributed by atoms with E-state index in [0.717, 1.165) is 42.1 Å². The van der Waals surface area contributed by atoms with Gasteiger partial charge in [-0.3, -0.25) is 9.69 Å². The number of hydrogen-bond donors (Lipinski definition) is 0. The van der Waals surface area contributed by atoms with Crippen molar-refractivity contribution in [2.75, 3.05) is 19.8 Å². The second-order valence-electron chi connectivity index (χ2n) is 6.21. The number of morpholine rings is 1. The van der Waals surface area contributed by atoms with Gasteiger partial charge in [-0.25, -0.2) is 0 Å².